The monoisotopic (exact) mass is 437 g/mol. The lowest BCUT2D eigenvalue weighted by atomic mass is 9.57. The van der Waals surface area contributed by atoms with Gasteiger partial charge in [0.05, 0.1) is 19.1 Å². The minimum Gasteiger partial charge on any atom is -0.494 e. The van der Waals surface area contributed by atoms with Crippen molar-refractivity contribution < 1.29 is 14.3 Å². The van der Waals surface area contributed by atoms with Gasteiger partial charge in [-0.25, -0.2) is 0 Å². The van der Waals surface area contributed by atoms with Crippen molar-refractivity contribution in [3.8, 4) is 5.75 Å². The molecule has 4 heteroatoms. The molecule has 2 aromatic carbocycles. The smallest absolute Gasteiger partial charge is 0.311 e. The van der Waals surface area contributed by atoms with Crippen molar-refractivity contribution in [3.63, 3.8) is 0 Å². The fraction of sp³-hybridized carbons (Fsp3) is 0.607. The Labute approximate surface area is 193 Å². The van der Waals surface area contributed by atoms with Gasteiger partial charge < -0.3 is 14.8 Å². The van der Waals surface area contributed by atoms with Crippen molar-refractivity contribution in [2.75, 3.05) is 13.7 Å². The number of fused-ring (bicyclic) bond motifs is 4. The first-order chi connectivity index (χ1) is 15.6. The van der Waals surface area contributed by atoms with Crippen LogP contribution < -0.4 is 10.1 Å². The third-order valence-corrected chi connectivity index (χ3v) is 7.92. The average molecular weight is 438 g/mol. The van der Waals surface area contributed by atoms with Gasteiger partial charge in [0.2, 0.25) is 0 Å². The molecule has 5 rings (SSSR count). The lowest BCUT2D eigenvalue weighted by Gasteiger charge is -2.52. The molecule has 3 aliphatic carbocycles. The van der Waals surface area contributed by atoms with E-state index in [-0.39, 0.29) is 16.9 Å². The fourth-order valence-electron chi connectivity index (χ4n) is 5.63. The molecule has 174 valence electrons. The molecule has 0 atom stereocenters. The van der Waals surface area contributed by atoms with E-state index < -0.39 is 0 Å². The normalized spacial score (nSPS) is 24.6. The van der Waals surface area contributed by atoms with E-state index in [0.717, 1.165) is 63.8 Å². The molecule has 4 nitrogen and oxygen atoms in total. The fourth-order valence-corrected chi connectivity index (χ4v) is 5.63. The zero-order chi connectivity index (χ0) is 22.4. The summed E-state index contributed by atoms with van der Waals surface area (Å²) in [4.78, 5) is 12.2. The van der Waals surface area contributed by atoms with Crippen LogP contribution in [0.2, 0.25) is 0 Å². The summed E-state index contributed by atoms with van der Waals surface area (Å²) in [6.45, 7) is 3.92. The summed E-state index contributed by atoms with van der Waals surface area (Å²) in [7, 11) is 1.52. The molecule has 2 bridgehead atoms. The van der Waals surface area contributed by atoms with E-state index >= 15 is 0 Å². The zero-order valence-electron chi connectivity index (χ0n) is 19.9. The second-order valence-electron chi connectivity index (χ2n) is 10.0. The molecule has 32 heavy (non-hydrogen) atoms. The Balaban J connectivity index is 1.30. The minimum absolute atomic E-state index is 0.000158. The van der Waals surface area contributed by atoms with E-state index in [0.29, 0.717) is 0 Å². The lowest BCUT2D eigenvalue weighted by Crippen LogP contribution is -2.56. The number of hydrogen-bond donors (Lipinski definition) is 1. The summed E-state index contributed by atoms with van der Waals surface area (Å²) in [5.41, 5.74) is 1.28. The number of carbonyl (C=O) groups excluding carboxylic acids is 1. The Hall–Kier alpha value is -2.07. The van der Waals surface area contributed by atoms with Crippen LogP contribution in [0, 0.1) is 5.41 Å². The Kier molecular flexibility index (Phi) is 7.40. The number of nitrogens with one attached hydrogen (secondary N) is 1. The number of benzene rings is 2. The third kappa shape index (κ3) is 5.11. The number of esters is 1. The van der Waals surface area contributed by atoms with Crippen LogP contribution in [0.25, 0.3) is 10.8 Å². The highest BCUT2D eigenvalue weighted by molar-refractivity contribution is 5.84. The van der Waals surface area contributed by atoms with E-state index in [1.807, 2.05) is 0 Å². The number of carbonyl (C=O) groups is 1. The highest BCUT2D eigenvalue weighted by Gasteiger charge is 2.52. The van der Waals surface area contributed by atoms with Crippen LogP contribution in [-0.4, -0.2) is 25.2 Å². The van der Waals surface area contributed by atoms with E-state index in [4.69, 9.17) is 9.47 Å². The molecule has 0 aromatic heterocycles. The average Bonchev–Trinajstić information content (AvgIpc) is 2.85. The molecule has 2 aromatic rings. The predicted molar refractivity (Wildman–Crippen MR) is 130 cm³/mol. The SMILES string of the molecule is CCCCCCCOc1ccc2cc(CNC34CCC(C(=O)OC)(CC3)CC4)ccc2c1. The van der Waals surface area contributed by atoms with Crippen LogP contribution in [0.4, 0.5) is 0 Å². The van der Waals surface area contributed by atoms with Gasteiger partial charge in [0, 0.05) is 12.1 Å². The second-order valence-corrected chi connectivity index (χ2v) is 10.0. The van der Waals surface area contributed by atoms with Crippen molar-refractivity contribution >= 4 is 16.7 Å². The lowest BCUT2D eigenvalue weighted by molar-refractivity contribution is -0.160. The van der Waals surface area contributed by atoms with Crippen molar-refractivity contribution in [1.29, 1.82) is 0 Å². The molecule has 0 amide bonds. The number of unbranched alkanes of at least 4 members (excludes halogenated alkanes) is 4. The van der Waals surface area contributed by atoms with Crippen molar-refractivity contribution in [3.05, 3.63) is 42.0 Å². The van der Waals surface area contributed by atoms with E-state index in [1.165, 1.54) is 49.1 Å². The summed E-state index contributed by atoms with van der Waals surface area (Å²) in [5, 5.41) is 6.35. The Morgan fingerprint density at radius 3 is 2.31 bits per heavy atom. The summed E-state index contributed by atoms with van der Waals surface area (Å²) in [6, 6.07) is 13.2. The van der Waals surface area contributed by atoms with E-state index in [2.05, 4.69) is 48.6 Å². The van der Waals surface area contributed by atoms with Gasteiger partial charge in [0.15, 0.2) is 0 Å². The summed E-state index contributed by atoms with van der Waals surface area (Å²) in [6.07, 6.45) is 12.3. The van der Waals surface area contributed by atoms with Crippen LogP contribution in [-0.2, 0) is 16.1 Å². The van der Waals surface area contributed by atoms with Gasteiger partial charge in [-0.3, -0.25) is 4.79 Å². The molecule has 0 spiro atoms. The molecular formula is C28H39NO3. The van der Waals surface area contributed by atoms with Gasteiger partial charge in [0.1, 0.15) is 5.75 Å². The molecule has 3 saturated carbocycles. The summed E-state index contributed by atoms with van der Waals surface area (Å²) >= 11 is 0. The predicted octanol–water partition coefficient (Wildman–Crippen LogP) is 6.54. The highest BCUT2D eigenvalue weighted by Crippen LogP contribution is 2.53. The van der Waals surface area contributed by atoms with E-state index in [9.17, 15) is 4.79 Å². The van der Waals surface area contributed by atoms with Crippen LogP contribution in [0.5, 0.6) is 5.75 Å². The van der Waals surface area contributed by atoms with Crippen LogP contribution >= 0.6 is 0 Å². The van der Waals surface area contributed by atoms with Crippen LogP contribution in [0.3, 0.4) is 0 Å². The molecule has 0 heterocycles. The van der Waals surface area contributed by atoms with Gasteiger partial charge in [0.25, 0.3) is 0 Å². The topological polar surface area (TPSA) is 47.6 Å². The second kappa shape index (κ2) is 10.2. The maximum atomic E-state index is 12.2. The number of methoxy groups -OCH3 is 1. The summed E-state index contributed by atoms with van der Waals surface area (Å²) < 4.78 is 11.1. The number of hydrogen-bond acceptors (Lipinski definition) is 4. The summed E-state index contributed by atoms with van der Waals surface area (Å²) in [5.74, 6) is 0.969. The minimum atomic E-state index is -0.212. The first-order valence-electron chi connectivity index (χ1n) is 12.6. The number of ether oxygens (including phenoxy) is 2. The van der Waals surface area contributed by atoms with Gasteiger partial charge in [-0.15, -0.1) is 0 Å². The standard InChI is InChI=1S/C28H39NO3/c1-3-4-5-6-7-18-32-25-11-10-23-19-22(8-9-24(23)20-25)21-29-28-15-12-27(13-16-28,14-17-28)26(30)31-2/h8-11,19-20,29H,3-7,12-18,21H2,1-2H3. The molecule has 0 radical (unpaired) electrons. The highest BCUT2D eigenvalue weighted by atomic mass is 16.5. The Bertz CT molecular complexity index is 898. The Morgan fingerprint density at radius 1 is 0.906 bits per heavy atom. The quantitative estimate of drug-likeness (QED) is 0.320. The van der Waals surface area contributed by atoms with E-state index in [1.54, 1.807) is 0 Å². The Morgan fingerprint density at radius 2 is 1.59 bits per heavy atom. The molecule has 0 unspecified atom stereocenters. The maximum Gasteiger partial charge on any atom is 0.311 e. The molecule has 3 fully saturated rings. The van der Waals surface area contributed by atoms with Crippen molar-refractivity contribution in [2.45, 2.75) is 89.6 Å². The largest absolute Gasteiger partial charge is 0.494 e. The molecule has 3 aliphatic rings. The third-order valence-electron chi connectivity index (χ3n) is 7.92. The first-order valence-corrected chi connectivity index (χ1v) is 12.6. The first kappa shape index (κ1) is 23.1. The molecule has 0 aliphatic heterocycles. The van der Waals surface area contributed by atoms with Crippen molar-refractivity contribution in [1.82, 2.24) is 5.32 Å². The van der Waals surface area contributed by atoms with Crippen molar-refractivity contribution in [2.24, 2.45) is 5.41 Å². The zero-order valence-corrected chi connectivity index (χ0v) is 19.9. The number of rotatable bonds is 11. The van der Waals surface area contributed by atoms with Gasteiger partial charge in [-0.1, -0.05) is 50.8 Å². The van der Waals surface area contributed by atoms with Gasteiger partial charge in [-0.2, -0.15) is 0 Å². The maximum absolute atomic E-state index is 12.2. The van der Waals surface area contributed by atoms with Gasteiger partial charge >= 0.3 is 5.97 Å². The molecule has 0 saturated heterocycles. The molecular weight excluding hydrogens is 398 g/mol. The molecule has 1 N–H and O–H groups in total. The van der Waals surface area contributed by atoms with Crippen LogP contribution in [0.15, 0.2) is 36.4 Å². The van der Waals surface area contributed by atoms with Gasteiger partial charge in [-0.05, 0) is 79.5 Å². The van der Waals surface area contributed by atoms with Crippen LogP contribution in [0.1, 0.15) is 83.1 Å².